The Morgan fingerprint density at radius 3 is 2.74 bits per heavy atom. The molecule has 116 valence electrons. The number of nitrogens with one attached hydrogen (secondary N) is 1. The Morgan fingerprint density at radius 1 is 1.17 bits per heavy atom. The maximum atomic E-state index is 11.9. The van der Waals surface area contributed by atoms with E-state index >= 15 is 0 Å². The molecule has 2 aromatic carbocycles. The molecule has 1 aromatic heterocycles. The standard InChI is InChI=1S/C18H16N2O3/c1-12-9-17(19-16-10-14(21)7-8-15(12)16)20-18(22)23-11-13-5-3-2-4-6-13/h2-10,21H,11H2,1H3,(H,19,20,22). The summed E-state index contributed by atoms with van der Waals surface area (Å²) in [6, 6.07) is 16.2. The molecule has 0 unspecified atom stereocenters. The zero-order valence-corrected chi connectivity index (χ0v) is 12.6. The van der Waals surface area contributed by atoms with Crippen molar-refractivity contribution in [3.63, 3.8) is 0 Å². The van der Waals surface area contributed by atoms with Crippen LogP contribution in [-0.4, -0.2) is 16.2 Å². The van der Waals surface area contributed by atoms with Crippen molar-refractivity contribution in [3.8, 4) is 5.75 Å². The molecule has 0 aliphatic rings. The Balaban J connectivity index is 1.72. The summed E-state index contributed by atoms with van der Waals surface area (Å²) in [5.41, 5.74) is 2.48. The third-order valence-corrected chi connectivity index (χ3v) is 3.44. The Morgan fingerprint density at radius 2 is 1.96 bits per heavy atom. The summed E-state index contributed by atoms with van der Waals surface area (Å²) < 4.78 is 5.17. The van der Waals surface area contributed by atoms with Gasteiger partial charge in [-0.05, 0) is 36.2 Å². The number of ether oxygens (including phenoxy) is 1. The zero-order valence-electron chi connectivity index (χ0n) is 12.6. The van der Waals surface area contributed by atoms with E-state index < -0.39 is 6.09 Å². The predicted octanol–water partition coefficient (Wildman–Crippen LogP) is 4.00. The van der Waals surface area contributed by atoms with Crippen LogP contribution in [0.25, 0.3) is 10.9 Å². The number of rotatable bonds is 3. The molecule has 1 amide bonds. The minimum atomic E-state index is -0.569. The van der Waals surface area contributed by atoms with Gasteiger partial charge < -0.3 is 9.84 Å². The summed E-state index contributed by atoms with van der Waals surface area (Å²) in [6.45, 7) is 2.11. The topological polar surface area (TPSA) is 71.5 Å². The number of phenolic OH excluding ortho intramolecular Hbond substituents is 1. The summed E-state index contributed by atoms with van der Waals surface area (Å²) in [6.07, 6.45) is -0.569. The van der Waals surface area contributed by atoms with Gasteiger partial charge in [0.2, 0.25) is 0 Å². The quantitative estimate of drug-likeness (QED) is 0.767. The van der Waals surface area contributed by atoms with Crippen LogP contribution in [0.5, 0.6) is 5.75 Å². The van der Waals surface area contributed by atoms with E-state index in [1.807, 2.05) is 37.3 Å². The highest BCUT2D eigenvalue weighted by Crippen LogP contribution is 2.23. The first-order valence-electron chi connectivity index (χ1n) is 7.20. The van der Waals surface area contributed by atoms with Gasteiger partial charge >= 0.3 is 6.09 Å². The van der Waals surface area contributed by atoms with Crippen LogP contribution < -0.4 is 5.32 Å². The summed E-state index contributed by atoms with van der Waals surface area (Å²) in [5.74, 6) is 0.520. The lowest BCUT2D eigenvalue weighted by Gasteiger charge is -2.09. The van der Waals surface area contributed by atoms with Gasteiger partial charge in [-0.2, -0.15) is 0 Å². The third kappa shape index (κ3) is 3.58. The fourth-order valence-corrected chi connectivity index (χ4v) is 2.32. The van der Waals surface area contributed by atoms with Crippen molar-refractivity contribution in [2.45, 2.75) is 13.5 Å². The molecule has 0 saturated heterocycles. The Hall–Kier alpha value is -3.08. The van der Waals surface area contributed by atoms with Gasteiger partial charge in [0, 0.05) is 11.5 Å². The first-order chi connectivity index (χ1) is 11.1. The molecule has 0 fully saturated rings. The van der Waals surface area contributed by atoms with Gasteiger partial charge in [0.25, 0.3) is 0 Å². The van der Waals surface area contributed by atoms with E-state index in [1.165, 1.54) is 0 Å². The second-order valence-corrected chi connectivity index (χ2v) is 5.21. The van der Waals surface area contributed by atoms with Crippen molar-refractivity contribution in [1.82, 2.24) is 4.98 Å². The molecular formula is C18H16N2O3. The van der Waals surface area contributed by atoms with E-state index in [0.717, 1.165) is 16.5 Å². The molecular weight excluding hydrogens is 292 g/mol. The number of hydrogen-bond donors (Lipinski definition) is 2. The lowest BCUT2D eigenvalue weighted by Crippen LogP contribution is -2.14. The van der Waals surface area contributed by atoms with Crippen molar-refractivity contribution in [2.75, 3.05) is 5.32 Å². The maximum Gasteiger partial charge on any atom is 0.413 e. The lowest BCUT2D eigenvalue weighted by atomic mass is 10.1. The van der Waals surface area contributed by atoms with Gasteiger partial charge in [-0.3, -0.25) is 5.32 Å². The summed E-state index contributed by atoms with van der Waals surface area (Å²) in [7, 11) is 0. The third-order valence-electron chi connectivity index (χ3n) is 3.44. The van der Waals surface area contributed by atoms with Crippen molar-refractivity contribution >= 4 is 22.8 Å². The number of carbonyl (C=O) groups is 1. The monoisotopic (exact) mass is 308 g/mol. The highest BCUT2D eigenvalue weighted by molar-refractivity contribution is 5.89. The van der Waals surface area contributed by atoms with Crippen LogP contribution in [0.4, 0.5) is 10.6 Å². The minimum Gasteiger partial charge on any atom is -0.508 e. The zero-order chi connectivity index (χ0) is 16.2. The smallest absolute Gasteiger partial charge is 0.413 e. The van der Waals surface area contributed by atoms with Crippen LogP contribution >= 0.6 is 0 Å². The summed E-state index contributed by atoms with van der Waals surface area (Å²) in [5, 5.41) is 13.1. The minimum absolute atomic E-state index is 0.133. The van der Waals surface area contributed by atoms with Crippen LogP contribution in [0.2, 0.25) is 0 Å². The second-order valence-electron chi connectivity index (χ2n) is 5.21. The largest absolute Gasteiger partial charge is 0.508 e. The van der Waals surface area contributed by atoms with E-state index in [1.54, 1.807) is 24.3 Å². The fraction of sp³-hybridized carbons (Fsp3) is 0.111. The number of aromatic nitrogens is 1. The lowest BCUT2D eigenvalue weighted by molar-refractivity contribution is 0.155. The van der Waals surface area contributed by atoms with Gasteiger partial charge in [-0.25, -0.2) is 9.78 Å². The number of aromatic hydroxyl groups is 1. The number of fused-ring (bicyclic) bond motifs is 1. The number of hydrogen-bond acceptors (Lipinski definition) is 4. The van der Waals surface area contributed by atoms with E-state index in [0.29, 0.717) is 11.3 Å². The van der Waals surface area contributed by atoms with Crippen LogP contribution in [0.3, 0.4) is 0 Å². The maximum absolute atomic E-state index is 11.9. The number of phenols is 1. The van der Waals surface area contributed by atoms with Crippen molar-refractivity contribution in [1.29, 1.82) is 0 Å². The SMILES string of the molecule is Cc1cc(NC(=O)OCc2ccccc2)nc2cc(O)ccc12. The molecule has 3 rings (SSSR count). The van der Waals surface area contributed by atoms with Crippen LogP contribution in [0.15, 0.2) is 54.6 Å². The number of carbonyl (C=O) groups excluding carboxylic acids is 1. The normalized spacial score (nSPS) is 10.5. The first kappa shape index (κ1) is 14.8. The van der Waals surface area contributed by atoms with Gasteiger partial charge in [0.15, 0.2) is 0 Å². The Labute approximate surface area is 133 Å². The molecule has 0 spiro atoms. The van der Waals surface area contributed by atoms with Crippen LogP contribution in [-0.2, 0) is 11.3 Å². The van der Waals surface area contributed by atoms with Gasteiger partial charge in [0.1, 0.15) is 18.2 Å². The van der Waals surface area contributed by atoms with Crippen LogP contribution in [0, 0.1) is 6.92 Å². The van der Waals surface area contributed by atoms with E-state index in [2.05, 4.69) is 10.3 Å². The molecule has 3 aromatic rings. The van der Waals surface area contributed by atoms with Crippen molar-refractivity contribution < 1.29 is 14.6 Å². The molecule has 0 saturated carbocycles. The molecule has 5 heteroatoms. The molecule has 1 heterocycles. The average molecular weight is 308 g/mol. The highest BCUT2D eigenvalue weighted by Gasteiger charge is 2.08. The van der Waals surface area contributed by atoms with Gasteiger partial charge in [0.05, 0.1) is 5.52 Å². The molecule has 0 aliphatic carbocycles. The molecule has 0 atom stereocenters. The van der Waals surface area contributed by atoms with E-state index in [9.17, 15) is 9.90 Å². The Kier molecular flexibility index (Phi) is 4.10. The Bertz CT molecular complexity index is 848. The number of benzene rings is 2. The number of pyridine rings is 1. The average Bonchev–Trinajstić information content (AvgIpc) is 2.53. The van der Waals surface area contributed by atoms with Crippen LogP contribution in [0.1, 0.15) is 11.1 Å². The first-order valence-corrected chi connectivity index (χ1v) is 7.20. The molecule has 23 heavy (non-hydrogen) atoms. The fourth-order valence-electron chi connectivity index (χ4n) is 2.32. The van der Waals surface area contributed by atoms with Crippen molar-refractivity contribution in [2.24, 2.45) is 0 Å². The second kappa shape index (κ2) is 6.36. The predicted molar refractivity (Wildman–Crippen MR) is 88.4 cm³/mol. The molecule has 0 radical (unpaired) electrons. The molecule has 0 aliphatic heterocycles. The molecule has 2 N–H and O–H groups in total. The van der Waals surface area contributed by atoms with Gasteiger partial charge in [-0.1, -0.05) is 30.3 Å². The van der Waals surface area contributed by atoms with E-state index in [-0.39, 0.29) is 12.4 Å². The number of aryl methyl sites for hydroxylation is 1. The summed E-state index contributed by atoms with van der Waals surface area (Å²) >= 11 is 0. The number of amides is 1. The number of anilines is 1. The molecule has 0 bridgehead atoms. The van der Waals surface area contributed by atoms with Crippen molar-refractivity contribution in [3.05, 3.63) is 65.7 Å². The van der Waals surface area contributed by atoms with E-state index in [4.69, 9.17) is 4.74 Å². The summed E-state index contributed by atoms with van der Waals surface area (Å²) in [4.78, 5) is 16.2. The molecule has 5 nitrogen and oxygen atoms in total. The number of nitrogens with zero attached hydrogens (tertiary/aromatic N) is 1. The highest BCUT2D eigenvalue weighted by atomic mass is 16.5. The van der Waals surface area contributed by atoms with Gasteiger partial charge in [-0.15, -0.1) is 0 Å².